The summed E-state index contributed by atoms with van der Waals surface area (Å²) in [6, 6.07) is 9.21. The van der Waals surface area contributed by atoms with Gasteiger partial charge in [-0.15, -0.1) is 0 Å². The van der Waals surface area contributed by atoms with Crippen LogP contribution in [0.5, 0.6) is 0 Å². The molecule has 0 aromatic heterocycles. The lowest BCUT2D eigenvalue weighted by molar-refractivity contribution is 0.225. The Bertz CT molecular complexity index is 428. The molecule has 1 rings (SSSR count). The van der Waals surface area contributed by atoms with Gasteiger partial charge < -0.3 is 0 Å². The molecule has 0 amide bonds. The van der Waals surface area contributed by atoms with E-state index >= 15 is 0 Å². The maximum Gasteiger partial charge on any atom is -0.00550 e. The van der Waals surface area contributed by atoms with Crippen molar-refractivity contribution in [2.75, 3.05) is 0 Å². The highest BCUT2D eigenvalue weighted by Gasteiger charge is 2.35. The molecule has 108 valence electrons. The van der Waals surface area contributed by atoms with Crippen molar-refractivity contribution < 1.29 is 0 Å². The zero-order chi connectivity index (χ0) is 15.1. The van der Waals surface area contributed by atoms with E-state index in [1.54, 1.807) is 0 Å². The van der Waals surface area contributed by atoms with Gasteiger partial charge >= 0.3 is 0 Å². The molecule has 1 aromatic carbocycles. The van der Waals surface area contributed by atoms with E-state index in [4.69, 9.17) is 0 Å². The van der Waals surface area contributed by atoms with Crippen molar-refractivity contribution in [1.82, 2.24) is 0 Å². The first kappa shape index (κ1) is 16.3. The Balaban J connectivity index is 3.30. The van der Waals surface area contributed by atoms with Gasteiger partial charge in [0.2, 0.25) is 0 Å². The van der Waals surface area contributed by atoms with Gasteiger partial charge in [0.15, 0.2) is 0 Å². The van der Waals surface area contributed by atoms with Crippen LogP contribution >= 0.6 is 0 Å². The summed E-state index contributed by atoms with van der Waals surface area (Å²) in [5.41, 5.74) is 3.57. The van der Waals surface area contributed by atoms with Crippen LogP contribution in [-0.4, -0.2) is 0 Å². The van der Waals surface area contributed by atoms with Crippen molar-refractivity contribution in [3.63, 3.8) is 0 Å². The van der Waals surface area contributed by atoms with Crippen LogP contribution < -0.4 is 0 Å². The van der Waals surface area contributed by atoms with E-state index in [-0.39, 0.29) is 16.2 Å². The molecule has 0 heterocycles. The number of rotatable bonds is 3. The molecule has 1 aromatic rings. The Hall–Kier alpha value is -0.780. The predicted molar refractivity (Wildman–Crippen MR) is 86.8 cm³/mol. The molecule has 0 heteroatoms. The fourth-order valence-corrected chi connectivity index (χ4v) is 2.08. The summed E-state index contributed by atoms with van der Waals surface area (Å²) < 4.78 is 0. The van der Waals surface area contributed by atoms with E-state index in [1.165, 1.54) is 11.1 Å². The first-order chi connectivity index (χ1) is 8.40. The molecular weight excluding hydrogens is 228 g/mol. The fraction of sp³-hybridized carbons (Fsp3) is 0.684. The molecule has 0 fully saturated rings. The molecule has 0 bridgehead atoms. The Labute approximate surface area is 120 Å². The number of hydrogen-bond donors (Lipinski definition) is 0. The average Bonchev–Trinajstić information content (AvgIpc) is 2.27. The van der Waals surface area contributed by atoms with Crippen LogP contribution in [0.3, 0.4) is 0 Å². The molecule has 0 aliphatic rings. The lowest BCUT2D eigenvalue weighted by atomic mass is 9.64. The van der Waals surface area contributed by atoms with E-state index in [1.807, 2.05) is 0 Å². The summed E-state index contributed by atoms with van der Waals surface area (Å²) in [6.45, 7) is 21.0. The minimum absolute atomic E-state index is 0.177. The molecule has 0 saturated heterocycles. The predicted octanol–water partition coefficient (Wildman–Crippen LogP) is 5.94. The van der Waals surface area contributed by atoms with Gasteiger partial charge in [0, 0.05) is 0 Å². The van der Waals surface area contributed by atoms with Gasteiger partial charge in [0.1, 0.15) is 0 Å². The van der Waals surface area contributed by atoms with E-state index in [2.05, 4.69) is 86.6 Å². The van der Waals surface area contributed by atoms with Gasteiger partial charge in [-0.3, -0.25) is 0 Å². The molecule has 0 nitrogen and oxygen atoms in total. The maximum atomic E-state index is 2.42. The second kappa shape index (κ2) is 4.96. The van der Waals surface area contributed by atoms with Crippen LogP contribution in [0.4, 0.5) is 0 Å². The third kappa shape index (κ3) is 3.04. The minimum Gasteiger partial charge on any atom is -0.0619 e. The highest BCUT2D eigenvalue weighted by molar-refractivity contribution is 5.34. The molecule has 0 saturated carbocycles. The fourth-order valence-electron chi connectivity index (χ4n) is 2.08. The summed E-state index contributed by atoms with van der Waals surface area (Å²) in [7, 11) is 0. The van der Waals surface area contributed by atoms with E-state index in [0.717, 1.165) is 0 Å². The third-order valence-corrected chi connectivity index (χ3v) is 5.65. The van der Waals surface area contributed by atoms with Crippen molar-refractivity contribution >= 4 is 0 Å². The van der Waals surface area contributed by atoms with Gasteiger partial charge in [0.05, 0.1) is 0 Å². The molecular formula is C19H32. The molecule has 19 heavy (non-hydrogen) atoms. The van der Waals surface area contributed by atoms with Gasteiger partial charge in [-0.25, -0.2) is 0 Å². The second-order valence-corrected chi connectivity index (χ2v) is 8.33. The van der Waals surface area contributed by atoms with E-state index in [0.29, 0.717) is 5.92 Å². The lowest BCUT2D eigenvalue weighted by Crippen LogP contribution is -2.34. The minimum atomic E-state index is 0.177. The van der Waals surface area contributed by atoms with Crippen molar-refractivity contribution in [1.29, 1.82) is 0 Å². The SMILES string of the molecule is CC(C)C(C)(C)c1cccc(C(C)(C)C(C)(C)C)c1. The zero-order valence-corrected chi connectivity index (χ0v) is 14.4. The zero-order valence-electron chi connectivity index (χ0n) is 14.4. The smallest absolute Gasteiger partial charge is 0.00550 e. The Kier molecular flexibility index (Phi) is 4.25. The number of hydrogen-bond acceptors (Lipinski definition) is 0. The Morgan fingerprint density at radius 3 is 1.68 bits per heavy atom. The second-order valence-electron chi connectivity index (χ2n) is 8.33. The summed E-state index contributed by atoms with van der Waals surface area (Å²) in [6.07, 6.45) is 0. The largest absolute Gasteiger partial charge is 0.0619 e. The standard InChI is InChI=1S/C19H32/c1-14(2)18(6,7)15-11-10-12-16(13-15)19(8,9)17(3,4)5/h10-14H,1-9H3. The van der Waals surface area contributed by atoms with Gasteiger partial charge in [-0.1, -0.05) is 86.6 Å². The van der Waals surface area contributed by atoms with Gasteiger partial charge in [0.25, 0.3) is 0 Å². The molecule has 0 atom stereocenters. The van der Waals surface area contributed by atoms with Crippen LogP contribution in [0.2, 0.25) is 0 Å². The first-order valence-corrected chi connectivity index (χ1v) is 7.51. The van der Waals surface area contributed by atoms with Gasteiger partial charge in [-0.2, -0.15) is 0 Å². The first-order valence-electron chi connectivity index (χ1n) is 7.51. The van der Waals surface area contributed by atoms with Crippen LogP contribution in [0.25, 0.3) is 0 Å². The van der Waals surface area contributed by atoms with E-state index < -0.39 is 0 Å². The maximum absolute atomic E-state index is 2.42. The monoisotopic (exact) mass is 260 g/mol. The number of benzene rings is 1. The summed E-state index contributed by atoms with van der Waals surface area (Å²) in [4.78, 5) is 0. The van der Waals surface area contributed by atoms with Crippen LogP contribution in [0.15, 0.2) is 24.3 Å². The summed E-state index contributed by atoms with van der Waals surface area (Å²) in [5.74, 6) is 0.639. The summed E-state index contributed by atoms with van der Waals surface area (Å²) >= 11 is 0. The quantitative estimate of drug-likeness (QED) is 0.630. The van der Waals surface area contributed by atoms with Crippen LogP contribution in [0, 0.1) is 11.3 Å². The highest BCUT2D eigenvalue weighted by atomic mass is 14.4. The van der Waals surface area contributed by atoms with E-state index in [9.17, 15) is 0 Å². The van der Waals surface area contributed by atoms with Crippen molar-refractivity contribution in [3.8, 4) is 0 Å². The highest BCUT2D eigenvalue weighted by Crippen LogP contribution is 2.42. The van der Waals surface area contributed by atoms with Crippen molar-refractivity contribution in [3.05, 3.63) is 35.4 Å². The third-order valence-electron chi connectivity index (χ3n) is 5.65. The van der Waals surface area contributed by atoms with Crippen molar-refractivity contribution in [2.24, 2.45) is 11.3 Å². The van der Waals surface area contributed by atoms with Crippen LogP contribution in [0.1, 0.15) is 73.4 Å². The molecule has 0 radical (unpaired) electrons. The van der Waals surface area contributed by atoms with Gasteiger partial charge in [-0.05, 0) is 33.3 Å². The summed E-state index contributed by atoms with van der Waals surface area (Å²) in [5, 5.41) is 0. The normalized spacial score (nSPS) is 14.0. The molecule has 0 unspecified atom stereocenters. The van der Waals surface area contributed by atoms with Crippen LogP contribution in [-0.2, 0) is 10.8 Å². The molecule has 0 spiro atoms. The van der Waals surface area contributed by atoms with Crippen molar-refractivity contribution in [2.45, 2.75) is 73.1 Å². The molecule has 0 aliphatic carbocycles. The average molecular weight is 260 g/mol. The Morgan fingerprint density at radius 2 is 1.26 bits per heavy atom. The lowest BCUT2D eigenvalue weighted by Gasteiger charge is -2.40. The molecule has 0 aliphatic heterocycles. The topological polar surface area (TPSA) is 0 Å². The Morgan fingerprint density at radius 1 is 0.789 bits per heavy atom. The molecule has 0 N–H and O–H groups in total.